The number of hydrogen-bond donors (Lipinski definition) is 2. The van der Waals surface area contributed by atoms with Crippen molar-refractivity contribution >= 4 is 30.1 Å². The van der Waals surface area contributed by atoms with E-state index in [2.05, 4.69) is 41.2 Å². The number of carbonyl (C=O) groups excluding carboxylic acids is 1. The number of carbonyl (C=O) groups is 1. The smallest absolute Gasteiger partial charge is 0.221 e. The number of rotatable bonds is 5. The molecule has 106 valence electrons. The molecule has 0 aliphatic carbocycles. The molecule has 0 aromatic heterocycles. The number of thioether (sulfide) groups is 1. The van der Waals surface area contributed by atoms with E-state index in [1.165, 1.54) is 11.3 Å². The zero-order valence-electron chi connectivity index (χ0n) is 11.1. The molecule has 1 saturated heterocycles. The number of halogens is 1. The van der Waals surface area contributed by atoms with Gasteiger partial charge in [-0.1, -0.05) is 12.1 Å². The van der Waals surface area contributed by atoms with Crippen LogP contribution in [0.2, 0.25) is 0 Å². The Morgan fingerprint density at radius 3 is 2.74 bits per heavy atom. The third-order valence-electron chi connectivity index (χ3n) is 3.24. The fraction of sp³-hybridized carbons (Fsp3) is 0.500. The largest absolute Gasteiger partial charge is 0.352 e. The molecule has 2 N–H and O–H groups in total. The molecule has 1 aliphatic heterocycles. The number of nitrogens with one attached hydrogen (secondary N) is 2. The van der Waals surface area contributed by atoms with Crippen molar-refractivity contribution in [3.8, 4) is 0 Å². The highest BCUT2D eigenvalue weighted by Gasteiger charge is 2.17. The second-order valence-electron chi connectivity index (χ2n) is 4.62. The summed E-state index contributed by atoms with van der Waals surface area (Å²) in [6.07, 6.45) is 4.97. The summed E-state index contributed by atoms with van der Waals surface area (Å²) in [5.74, 6) is 0.142. The van der Waals surface area contributed by atoms with Gasteiger partial charge in [-0.2, -0.15) is 0 Å². The van der Waals surface area contributed by atoms with E-state index in [-0.39, 0.29) is 18.3 Å². The Morgan fingerprint density at radius 2 is 2.16 bits per heavy atom. The van der Waals surface area contributed by atoms with Crippen molar-refractivity contribution in [1.29, 1.82) is 0 Å². The Balaban J connectivity index is 0.00000180. The molecule has 0 bridgehead atoms. The lowest BCUT2D eigenvalue weighted by atomic mass is 10.1. The van der Waals surface area contributed by atoms with E-state index in [1.54, 1.807) is 11.8 Å². The molecule has 0 saturated carbocycles. The van der Waals surface area contributed by atoms with Crippen LogP contribution in [0.3, 0.4) is 0 Å². The van der Waals surface area contributed by atoms with E-state index < -0.39 is 0 Å². The fourth-order valence-corrected chi connectivity index (χ4v) is 2.58. The van der Waals surface area contributed by atoms with Crippen molar-refractivity contribution in [2.24, 2.45) is 0 Å². The van der Waals surface area contributed by atoms with Crippen LogP contribution >= 0.6 is 24.2 Å². The van der Waals surface area contributed by atoms with Crippen LogP contribution in [-0.2, 0) is 11.3 Å². The SMILES string of the molecule is CSc1ccc(CNC(=O)CC2CCCN2)cc1.Cl. The van der Waals surface area contributed by atoms with Crippen LogP contribution in [-0.4, -0.2) is 24.7 Å². The Bertz CT molecular complexity index is 391. The molecule has 1 aromatic rings. The van der Waals surface area contributed by atoms with Gasteiger partial charge in [0.1, 0.15) is 0 Å². The Morgan fingerprint density at radius 1 is 1.42 bits per heavy atom. The third kappa shape index (κ3) is 5.43. The quantitative estimate of drug-likeness (QED) is 0.821. The van der Waals surface area contributed by atoms with Crippen molar-refractivity contribution in [3.63, 3.8) is 0 Å². The van der Waals surface area contributed by atoms with Crippen LogP contribution in [0, 0.1) is 0 Å². The molecule has 1 aromatic carbocycles. The maximum absolute atomic E-state index is 11.7. The topological polar surface area (TPSA) is 41.1 Å². The van der Waals surface area contributed by atoms with E-state index in [0.29, 0.717) is 19.0 Å². The lowest BCUT2D eigenvalue weighted by Crippen LogP contribution is -2.31. The number of benzene rings is 1. The maximum atomic E-state index is 11.7. The Hall–Kier alpha value is -0.710. The van der Waals surface area contributed by atoms with E-state index in [0.717, 1.165) is 18.5 Å². The summed E-state index contributed by atoms with van der Waals surface area (Å²) in [5, 5.41) is 6.31. The van der Waals surface area contributed by atoms with Crippen molar-refractivity contribution in [2.75, 3.05) is 12.8 Å². The second-order valence-corrected chi connectivity index (χ2v) is 5.50. The van der Waals surface area contributed by atoms with Crippen LogP contribution in [0.4, 0.5) is 0 Å². The molecule has 1 amide bonds. The number of amides is 1. The normalized spacial score (nSPS) is 17.8. The van der Waals surface area contributed by atoms with Gasteiger partial charge in [0.25, 0.3) is 0 Å². The maximum Gasteiger partial charge on any atom is 0.221 e. The third-order valence-corrected chi connectivity index (χ3v) is 3.99. The molecule has 3 nitrogen and oxygen atoms in total. The van der Waals surface area contributed by atoms with Gasteiger partial charge in [0.05, 0.1) is 0 Å². The first kappa shape index (κ1) is 16.3. The summed E-state index contributed by atoms with van der Waals surface area (Å²) >= 11 is 1.73. The van der Waals surface area contributed by atoms with Gasteiger partial charge < -0.3 is 10.6 Å². The molecule has 0 radical (unpaired) electrons. The lowest BCUT2D eigenvalue weighted by Gasteiger charge is -2.10. The minimum Gasteiger partial charge on any atom is -0.352 e. The Kier molecular flexibility index (Phi) is 7.28. The van der Waals surface area contributed by atoms with Gasteiger partial charge >= 0.3 is 0 Å². The minimum absolute atomic E-state index is 0. The van der Waals surface area contributed by atoms with E-state index in [4.69, 9.17) is 0 Å². The van der Waals surface area contributed by atoms with Gasteiger partial charge in [0, 0.05) is 23.9 Å². The van der Waals surface area contributed by atoms with Gasteiger partial charge in [-0.3, -0.25) is 4.79 Å². The van der Waals surface area contributed by atoms with E-state index in [1.807, 2.05) is 0 Å². The summed E-state index contributed by atoms with van der Waals surface area (Å²) in [6, 6.07) is 8.69. The standard InChI is InChI=1S/C14H20N2OS.ClH/c1-18-13-6-4-11(5-7-13)10-16-14(17)9-12-3-2-8-15-12;/h4-7,12,15H,2-3,8-10H2,1H3,(H,16,17);1H. The molecule has 1 atom stereocenters. The average molecular weight is 301 g/mol. The minimum atomic E-state index is 0. The van der Waals surface area contributed by atoms with E-state index >= 15 is 0 Å². The first-order chi connectivity index (χ1) is 8.78. The molecule has 1 heterocycles. The average Bonchev–Trinajstić information content (AvgIpc) is 2.90. The van der Waals surface area contributed by atoms with Gasteiger partial charge in [0.15, 0.2) is 0 Å². The van der Waals surface area contributed by atoms with Crippen molar-refractivity contribution in [2.45, 2.75) is 36.7 Å². The second kappa shape index (κ2) is 8.46. The molecule has 1 fully saturated rings. The lowest BCUT2D eigenvalue weighted by molar-refractivity contribution is -0.121. The summed E-state index contributed by atoms with van der Waals surface area (Å²) < 4.78 is 0. The van der Waals surface area contributed by atoms with Crippen LogP contribution in [0.25, 0.3) is 0 Å². The molecule has 1 aliphatic rings. The molecule has 19 heavy (non-hydrogen) atoms. The predicted octanol–water partition coefficient (Wildman–Crippen LogP) is 2.59. The summed E-state index contributed by atoms with van der Waals surface area (Å²) in [4.78, 5) is 13.0. The molecular weight excluding hydrogens is 280 g/mol. The molecule has 2 rings (SSSR count). The number of hydrogen-bond acceptors (Lipinski definition) is 3. The highest BCUT2D eigenvalue weighted by atomic mass is 35.5. The van der Waals surface area contributed by atoms with Crippen molar-refractivity contribution in [3.05, 3.63) is 29.8 Å². The fourth-order valence-electron chi connectivity index (χ4n) is 2.17. The first-order valence-electron chi connectivity index (χ1n) is 6.41. The molecule has 5 heteroatoms. The van der Waals surface area contributed by atoms with E-state index in [9.17, 15) is 4.79 Å². The predicted molar refractivity (Wildman–Crippen MR) is 83.0 cm³/mol. The van der Waals surface area contributed by atoms with Gasteiger partial charge in [-0.15, -0.1) is 24.2 Å². The van der Waals surface area contributed by atoms with Crippen LogP contribution in [0.15, 0.2) is 29.2 Å². The first-order valence-corrected chi connectivity index (χ1v) is 7.63. The van der Waals surface area contributed by atoms with Gasteiger partial charge in [-0.25, -0.2) is 0 Å². The van der Waals surface area contributed by atoms with Gasteiger partial charge in [-0.05, 0) is 43.3 Å². The molecule has 1 unspecified atom stereocenters. The van der Waals surface area contributed by atoms with Gasteiger partial charge in [0.2, 0.25) is 5.91 Å². The highest BCUT2D eigenvalue weighted by molar-refractivity contribution is 7.98. The Labute approximate surface area is 125 Å². The monoisotopic (exact) mass is 300 g/mol. The van der Waals surface area contributed by atoms with Crippen LogP contribution in [0.1, 0.15) is 24.8 Å². The zero-order chi connectivity index (χ0) is 12.8. The molecule has 0 spiro atoms. The van der Waals surface area contributed by atoms with Crippen molar-refractivity contribution < 1.29 is 4.79 Å². The highest BCUT2D eigenvalue weighted by Crippen LogP contribution is 2.14. The van der Waals surface area contributed by atoms with Crippen LogP contribution < -0.4 is 10.6 Å². The summed E-state index contributed by atoms with van der Waals surface area (Å²) in [6.45, 7) is 1.67. The summed E-state index contributed by atoms with van der Waals surface area (Å²) in [5.41, 5.74) is 1.15. The summed E-state index contributed by atoms with van der Waals surface area (Å²) in [7, 11) is 0. The molecular formula is C14H21ClN2OS. The van der Waals surface area contributed by atoms with Crippen molar-refractivity contribution in [1.82, 2.24) is 10.6 Å². The zero-order valence-corrected chi connectivity index (χ0v) is 12.8. The van der Waals surface area contributed by atoms with Crippen LogP contribution in [0.5, 0.6) is 0 Å².